The van der Waals surface area contributed by atoms with E-state index < -0.39 is 0 Å². The Morgan fingerprint density at radius 1 is 1.47 bits per heavy atom. The van der Waals surface area contributed by atoms with Crippen molar-refractivity contribution in [3.05, 3.63) is 29.5 Å². The average molecular weight is 252 g/mol. The Morgan fingerprint density at radius 2 is 2.24 bits per heavy atom. The number of nitrogen functional groups attached to an aromatic ring is 1. The molecule has 1 aromatic heterocycles. The van der Waals surface area contributed by atoms with Crippen molar-refractivity contribution in [2.24, 2.45) is 0 Å². The SMILES string of the molecule is CCn1cnc(-c2c(Cl)cccc2OC)c1N. The van der Waals surface area contributed by atoms with Gasteiger partial charge in [-0.05, 0) is 19.1 Å². The zero-order valence-corrected chi connectivity index (χ0v) is 10.5. The molecule has 0 atom stereocenters. The molecule has 4 nitrogen and oxygen atoms in total. The van der Waals surface area contributed by atoms with E-state index in [0.717, 1.165) is 12.1 Å². The molecule has 1 heterocycles. The highest BCUT2D eigenvalue weighted by Gasteiger charge is 2.16. The predicted octanol–water partition coefficient (Wildman–Crippen LogP) is 2.81. The van der Waals surface area contributed by atoms with E-state index in [1.807, 2.05) is 23.6 Å². The summed E-state index contributed by atoms with van der Waals surface area (Å²) in [5, 5.41) is 0.581. The molecule has 2 N–H and O–H groups in total. The van der Waals surface area contributed by atoms with Gasteiger partial charge in [0.2, 0.25) is 0 Å². The zero-order chi connectivity index (χ0) is 12.4. The van der Waals surface area contributed by atoms with E-state index in [-0.39, 0.29) is 0 Å². The first-order valence-electron chi connectivity index (χ1n) is 5.32. The molecular weight excluding hydrogens is 238 g/mol. The van der Waals surface area contributed by atoms with Gasteiger partial charge in [0.1, 0.15) is 17.3 Å². The first-order valence-corrected chi connectivity index (χ1v) is 5.70. The molecule has 0 saturated heterocycles. The lowest BCUT2D eigenvalue weighted by Gasteiger charge is -2.09. The van der Waals surface area contributed by atoms with Gasteiger partial charge in [0.25, 0.3) is 0 Å². The molecular formula is C12H14ClN3O. The number of aryl methyl sites for hydroxylation is 1. The highest BCUT2D eigenvalue weighted by Crippen LogP contribution is 2.38. The summed E-state index contributed by atoms with van der Waals surface area (Å²) in [4.78, 5) is 4.30. The van der Waals surface area contributed by atoms with Crippen molar-refractivity contribution in [1.29, 1.82) is 0 Å². The van der Waals surface area contributed by atoms with Gasteiger partial charge in [-0.25, -0.2) is 4.98 Å². The molecule has 0 saturated carbocycles. The Balaban J connectivity index is 2.63. The van der Waals surface area contributed by atoms with Gasteiger partial charge >= 0.3 is 0 Å². The summed E-state index contributed by atoms with van der Waals surface area (Å²) in [6.07, 6.45) is 1.70. The third-order valence-corrected chi connectivity index (χ3v) is 2.97. The van der Waals surface area contributed by atoms with E-state index in [4.69, 9.17) is 22.1 Å². The number of anilines is 1. The van der Waals surface area contributed by atoms with Crippen LogP contribution in [0, 0.1) is 0 Å². The monoisotopic (exact) mass is 251 g/mol. The van der Waals surface area contributed by atoms with Crippen LogP contribution in [0.15, 0.2) is 24.5 Å². The van der Waals surface area contributed by atoms with E-state index in [1.54, 1.807) is 19.5 Å². The molecule has 0 bridgehead atoms. The van der Waals surface area contributed by atoms with Crippen molar-refractivity contribution in [3.8, 4) is 17.0 Å². The third-order valence-electron chi connectivity index (χ3n) is 2.65. The highest BCUT2D eigenvalue weighted by molar-refractivity contribution is 6.33. The molecule has 2 aromatic rings. The lowest BCUT2D eigenvalue weighted by atomic mass is 10.1. The zero-order valence-electron chi connectivity index (χ0n) is 9.77. The number of imidazole rings is 1. The van der Waals surface area contributed by atoms with Crippen LogP contribution >= 0.6 is 11.6 Å². The van der Waals surface area contributed by atoms with Crippen LogP contribution in [-0.4, -0.2) is 16.7 Å². The van der Waals surface area contributed by atoms with Crippen LogP contribution in [0.1, 0.15) is 6.92 Å². The minimum Gasteiger partial charge on any atom is -0.496 e. The topological polar surface area (TPSA) is 53.1 Å². The predicted molar refractivity (Wildman–Crippen MR) is 69.3 cm³/mol. The van der Waals surface area contributed by atoms with Gasteiger partial charge in [-0.1, -0.05) is 17.7 Å². The minimum absolute atomic E-state index is 0.581. The maximum absolute atomic E-state index is 6.18. The number of hydrogen-bond donors (Lipinski definition) is 1. The summed E-state index contributed by atoms with van der Waals surface area (Å²) in [5.74, 6) is 1.27. The molecule has 0 amide bonds. The largest absolute Gasteiger partial charge is 0.496 e. The fraction of sp³-hybridized carbons (Fsp3) is 0.250. The normalized spacial score (nSPS) is 10.5. The fourth-order valence-corrected chi connectivity index (χ4v) is 2.00. The van der Waals surface area contributed by atoms with Gasteiger partial charge in [-0.2, -0.15) is 0 Å². The smallest absolute Gasteiger partial charge is 0.131 e. The van der Waals surface area contributed by atoms with E-state index in [9.17, 15) is 0 Å². The van der Waals surface area contributed by atoms with Crippen LogP contribution in [0.2, 0.25) is 5.02 Å². The molecule has 0 fully saturated rings. The third kappa shape index (κ3) is 1.96. The Kier molecular flexibility index (Phi) is 3.24. The quantitative estimate of drug-likeness (QED) is 0.913. The van der Waals surface area contributed by atoms with Crippen LogP contribution < -0.4 is 10.5 Å². The maximum Gasteiger partial charge on any atom is 0.131 e. The summed E-state index contributed by atoms with van der Waals surface area (Å²) in [6, 6.07) is 5.47. The number of nitrogens with zero attached hydrogens (tertiary/aromatic N) is 2. The minimum atomic E-state index is 0.581. The molecule has 90 valence electrons. The number of ether oxygens (including phenoxy) is 1. The van der Waals surface area contributed by atoms with Crippen LogP contribution in [-0.2, 0) is 6.54 Å². The number of aromatic nitrogens is 2. The maximum atomic E-state index is 6.18. The van der Waals surface area contributed by atoms with E-state index in [1.165, 1.54) is 0 Å². The van der Waals surface area contributed by atoms with Crippen LogP contribution in [0.25, 0.3) is 11.3 Å². The Labute approximate surface area is 105 Å². The molecule has 2 rings (SSSR count). The number of hydrogen-bond acceptors (Lipinski definition) is 3. The molecule has 0 unspecified atom stereocenters. The molecule has 0 aliphatic rings. The van der Waals surface area contributed by atoms with Gasteiger partial charge in [0, 0.05) is 6.54 Å². The number of methoxy groups -OCH3 is 1. The summed E-state index contributed by atoms with van der Waals surface area (Å²) in [5.41, 5.74) is 7.42. The van der Waals surface area contributed by atoms with Crippen molar-refractivity contribution in [1.82, 2.24) is 9.55 Å². The molecule has 0 radical (unpaired) electrons. The summed E-state index contributed by atoms with van der Waals surface area (Å²) in [6.45, 7) is 2.78. The van der Waals surface area contributed by atoms with Crippen molar-refractivity contribution in [2.75, 3.05) is 12.8 Å². The summed E-state index contributed by atoms with van der Waals surface area (Å²) < 4.78 is 7.15. The number of halogens is 1. The Bertz CT molecular complexity index is 537. The lowest BCUT2D eigenvalue weighted by molar-refractivity contribution is 0.416. The van der Waals surface area contributed by atoms with Gasteiger partial charge in [-0.3, -0.25) is 0 Å². The Morgan fingerprint density at radius 3 is 2.82 bits per heavy atom. The first kappa shape index (κ1) is 11.8. The fourth-order valence-electron chi connectivity index (χ4n) is 1.74. The average Bonchev–Trinajstić information content (AvgIpc) is 2.70. The van der Waals surface area contributed by atoms with Crippen molar-refractivity contribution < 1.29 is 4.74 Å². The van der Waals surface area contributed by atoms with Crippen LogP contribution in [0.5, 0.6) is 5.75 Å². The highest BCUT2D eigenvalue weighted by atomic mass is 35.5. The molecule has 17 heavy (non-hydrogen) atoms. The van der Waals surface area contributed by atoms with E-state index in [0.29, 0.717) is 22.3 Å². The standard InChI is InChI=1S/C12H14ClN3O/c1-3-16-7-15-11(12(16)14)10-8(13)5-4-6-9(10)17-2/h4-7H,3,14H2,1-2H3. The van der Waals surface area contributed by atoms with Gasteiger partial charge in [-0.15, -0.1) is 0 Å². The van der Waals surface area contributed by atoms with Crippen molar-refractivity contribution in [3.63, 3.8) is 0 Å². The number of nitrogens with two attached hydrogens (primary N) is 1. The van der Waals surface area contributed by atoms with Crippen molar-refractivity contribution in [2.45, 2.75) is 13.5 Å². The lowest BCUT2D eigenvalue weighted by Crippen LogP contribution is -2.00. The second-order valence-electron chi connectivity index (χ2n) is 3.58. The first-order chi connectivity index (χ1) is 8.19. The van der Waals surface area contributed by atoms with Gasteiger partial charge in [0.05, 0.1) is 24.0 Å². The summed E-state index contributed by atoms with van der Waals surface area (Å²) >= 11 is 6.18. The molecule has 0 aliphatic heterocycles. The second-order valence-corrected chi connectivity index (χ2v) is 3.99. The molecule has 5 heteroatoms. The molecule has 1 aromatic carbocycles. The van der Waals surface area contributed by atoms with Gasteiger partial charge < -0.3 is 15.0 Å². The Hall–Kier alpha value is -1.68. The van der Waals surface area contributed by atoms with E-state index in [2.05, 4.69) is 4.98 Å². The van der Waals surface area contributed by atoms with E-state index >= 15 is 0 Å². The van der Waals surface area contributed by atoms with Crippen LogP contribution in [0.4, 0.5) is 5.82 Å². The summed E-state index contributed by atoms with van der Waals surface area (Å²) in [7, 11) is 1.60. The number of benzene rings is 1. The van der Waals surface area contributed by atoms with Crippen LogP contribution in [0.3, 0.4) is 0 Å². The molecule has 0 spiro atoms. The molecule has 0 aliphatic carbocycles. The van der Waals surface area contributed by atoms with Gasteiger partial charge in [0.15, 0.2) is 0 Å². The second kappa shape index (κ2) is 4.67. The number of rotatable bonds is 3. The van der Waals surface area contributed by atoms with Crippen molar-refractivity contribution >= 4 is 17.4 Å².